The second-order valence-electron chi connectivity index (χ2n) is 7.69. The molecule has 7 nitrogen and oxygen atoms in total. The topological polar surface area (TPSA) is 83.3 Å². The van der Waals surface area contributed by atoms with E-state index in [2.05, 4.69) is 37.1 Å². The highest BCUT2D eigenvalue weighted by Crippen LogP contribution is 2.22. The Bertz CT molecular complexity index is 985. The number of anilines is 1. The Morgan fingerprint density at radius 3 is 2.45 bits per heavy atom. The van der Waals surface area contributed by atoms with Crippen LogP contribution in [-0.2, 0) is 17.9 Å². The van der Waals surface area contributed by atoms with Crippen molar-refractivity contribution in [2.75, 3.05) is 24.2 Å². The maximum absolute atomic E-state index is 12.4. The zero-order chi connectivity index (χ0) is 21.5. The first kappa shape index (κ1) is 21.4. The minimum Gasteiger partial charge on any atom is -0.508 e. The number of carbonyl (C=O) groups excluding carboxylic acids is 1. The molecule has 2 aromatic carbocycles. The predicted octanol–water partition coefficient (Wildman–Crippen LogP) is 3.75. The highest BCUT2D eigenvalue weighted by molar-refractivity contribution is 7.99. The van der Waals surface area contributed by atoms with Crippen LogP contribution in [-0.4, -0.2) is 49.5 Å². The number of nitrogens with zero attached hydrogens (tertiary/aromatic N) is 4. The number of phenols is 1. The van der Waals surface area contributed by atoms with Gasteiger partial charge < -0.3 is 15.0 Å². The largest absolute Gasteiger partial charge is 0.508 e. The van der Waals surface area contributed by atoms with Gasteiger partial charge in [0.2, 0.25) is 5.91 Å². The summed E-state index contributed by atoms with van der Waals surface area (Å²) in [5.74, 6) is 1.22. The molecule has 1 aromatic heterocycles. The fourth-order valence-corrected chi connectivity index (χ4v) is 4.41. The summed E-state index contributed by atoms with van der Waals surface area (Å²) in [4.78, 5) is 14.8. The molecule has 162 valence electrons. The van der Waals surface area contributed by atoms with E-state index in [-0.39, 0.29) is 17.4 Å². The Labute approximate surface area is 186 Å². The van der Waals surface area contributed by atoms with Crippen LogP contribution in [0.15, 0.2) is 59.8 Å². The molecule has 2 heterocycles. The Morgan fingerprint density at radius 2 is 1.71 bits per heavy atom. The predicted molar refractivity (Wildman–Crippen MR) is 122 cm³/mol. The van der Waals surface area contributed by atoms with E-state index in [1.807, 2.05) is 18.2 Å². The molecule has 2 N–H and O–H groups in total. The number of hydrogen-bond donors (Lipinski definition) is 2. The molecule has 0 radical (unpaired) electrons. The second kappa shape index (κ2) is 10.5. The summed E-state index contributed by atoms with van der Waals surface area (Å²) >= 11 is 1.39. The lowest BCUT2D eigenvalue weighted by Gasteiger charge is -2.26. The molecule has 0 unspecified atom stereocenters. The Hall–Kier alpha value is -2.84. The van der Waals surface area contributed by atoms with Crippen molar-refractivity contribution in [3.05, 3.63) is 66.0 Å². The normalized spacial score (nSPS) is 14.5. The number of carbonyl (C=O) groups is 1. The monoisotopic (exact) mass is 437 g/mol. The number of rotatable bonds is 8. The first-order chi connectivity index (χ1) is 15.2. The van der Waals surface area contributed by atoms with E-state index >= 15 is 0 Å². The van der Waals surface area contributed by atoms with Gasteiger partial charge in [0.15, 0.2) is 5.16 Å². The summed E-state index contributed by atoms with van der Waals surface area (Å²) in [5.41, 5.74) is 1.83. The van der Waals surface area contributed by atoms with Gasteiger partial charge in [-0.25, -0.2) is 0 Å². The third-order valence-electron chi connectivity index (χ3n) is 5.27. The van der Waals surface area contributed by atoms with Gasteiger partial charge in [0.1, 0.15) is 11.6 Å². The van der Waals surface area contributed by atoms with Gasteiger partial charge in [-0.05, 0) is 55.8 Å². The van der Waals surface area contributed by atoms with E-state index in [0.29, 0.717) is 12.2 Å². The number of aromatic nitrogens is 3. The fourth-order valence-electron chi connectivity index (χ4n) is 3.66. The zero-order valence-corrected chi connectivity index (χ0v) is 18.2. The van der Waals surface area contributed by atoms with Crippen LogP contribution >= 0.6 is 11.8 Å². The molecule has 1 fully saturated rings. The van der Waals surface area contributed by atoms with E-state index in [1.54, 1.807) is 24.3 Å². The van der Waals surface area contributed by atoms with Gasteiger partial charge in [-0.3, -0.25) is 9.69 Å². The van der Waals surface area contributed by atoms with Gasteiger partial charge in [-0.15, -0.1) is 10.2 Å². The van der Waals surface area contributed by atoms with Gasteiger partial charge in [0.05, 0.1) is 18.8 Å². The van der Waals surface area contributed by atoms with Crippen molar-refractivity contribution in [3.8, 4) is 5.75 Å². The van der Waals surface area contributed by atoms with Gasteiger partial charge in [0.25, 0.3) is 0 Å². The van der Waals surface area contributed by atoms with Crippen LogP contribution in [0, 0.1) is 0 Å². The Morgan fingerprint density at radius 1 is 0.968 bits per heavy atom. The lowest BCUT2D eigenvalue weighted by atomic mass is 10.1. The standard InChI is InChI=1S/C23H27N5O2S/c29-20-11-9-19(10-12-20)24-22(30)17-31-23-26-25-21(16-27-13-5-2-6-14-27)28(23)15-18-7-3-1-4-8-18/h1,3-4,7-12,29H,2,5-6,13-17H2,(H,24,30). The summed E-state index contributed by atoms with van der Waals surface area (Å²) in [6.45, 7) is 3.64. The first-order valence-corrected chi connectivity index (χ1v) is 11.6. The maximum Gasteiger partial charge on any atom is 0.234 e. The number of aromatic hydroxyl groups is 1. The Kier molecular flexibility index (Phi) is 7.22. The highest BCUT2D eigenvalue weighted by Gasteiger charge is 2.18. The summed E-state index contributed by atoms with van der Waals surface area (Å²) in [5, 5.41) is 21.8. The molecule has 0 atom stereocenters. The zero-order valence-electron chi connectivity index (χ0n) is 17.4. The van der Waals surface area contributed by atoms with Crippen molar-refractivity contribution >= 4 is 23.4 Å². The average Bonchev–Trinajstić information content (AvgIpc) is 3.16. The van der Waals surface area contributed by atoms with E-state index in [0.717, 1.165) is 30.6 Å². The van der Waals surface area contributed by atoms with Crippen molar-refractivity contribution in [2.24, 2.45) is 0 Å². The SMILES string of the molecule is O=C(CSc1nnc(CN2CCCCC2)n1Cc1ccccc1)Nc1ccc(O)cc1. The molecule has 0 saturated carbocycles. The number of nitrogens with one attached hydrogen (secondary N) is 1. The van der Waals surface area contributed by atoms with Crippen molar-refractivity contribution in [3.63, 3.8) is 0 Å². The minimum absolute atomic E-state index is 0.123. The molecule has 1 aliphatic rings. The molecule has 31 heavy (non-hydrogen) atoms. The molecule has 0 bridgehead atoms. The van der Waals surface area contributed by atoms with Crippen molar-refractivity contribution in [2.45, 2.75) is 37.5 Å². The second-order valence-corrected chi connectivity index (χ2v) is 8.63. The summed E-state index contributed by atoms with van der Waals surface area (Å²) in [7, 11) is 0. The van der Waals surface area contributed by atoms with Crippen LogP contribution in [0.4, 0.5) is 5.69 Å². The van der Waals surface area contributed by atoms with Crippen molar-refractivity contribution in [1.82, 2.24) is 19.7 Å². The highest BCUT2D eigenvalue weighted by atomic mass is 32.2. The number of piperidine rings is 1. The van der Waals surface area contributed by atoms with Crippen molar-refractivity contribution < 1.29 is 9.90 Å². The van der Waals surface area contributed by atoms with Crippen LogP contribution in [0.1, 0.15) is 30.7 Å². The smallest absolute Gasteiger partial charge is 0.234 e. The molecule has 8 heteroatoms. The molecule has 4 rings (SSSR count). The molecule has 1 saturated heterocycles. The molecule has 3 aromatic rings. The summed E-state index contributed by atoms with van der Waals surface area (Å²) in [6.07, 6.45) is 3.75. The third-order valence-corrected chi connectivity index (χ3v) is 6.24. The number of hydrogen-bond acceptors (Lipinski definition) is 6. The molecular weight excluding hydrogens is 410 g/mol. The lowest BCUT2D eigenvalue weighted by molar-refractivity contribution is -0.113. The van der Waals surface area contributed by atoms with E-state index < -0.39 is 0 Å². The van der Waals surface area contributed by atoms with Crippen molar-refractivity contribution in [1.29, 1.82) is 0 Å². The first-order valence-electron chi connectivity index (χ1n) is 10.6. The van der Waals surface area contributed by atoms with Gasteiger partial charge in [-0.1, -0.05) is 48.5 Å². The molecular formula is C23H27N5O2S. The molecule has 1 amide bonds. The van der Waals surface area contributed by atoms with Crippen LogP contribution in [0.25, 0.3) is 0 Å². The number of amides is 1. The van der Waals surface area contributed by atoms with Gasteiger partial charge >= 0.3 is 0 Å². The number of thioether (sulfide) groups is 1. The Balaban J connectivity index is 1.45. The van der Waals surface area contributed by atoms with E-state index in [4.69, 9.17) is 0 Å². The summed E-state index contributed by atoms with van der Waals surface area (Å²) in [6, 6.07) is 16.7. The van der Waals surface area contributed by atoms with Gasteiger partial charge in [0, 0.05) is 5.69 Å². The quantitative estimate of drug-likeness (QED) is 0.413. The average molecular weight is 438 g/mol. The number of phenolic OH excluding ortho intramolecular Hbond substituents is 1. The van der Waals surface area contributed by atoms with E-state index in [1.165, 1.54) is 36.6 Å². The third kappa shape index (κ3) is 6.08. The number of likely N-dealkylation sites (tertiary alicyclic amines) is 1. The van der Waals surface area contributed by atoms with Gasteiger partial charge in [-0.2, -0.15) is 0 Å². The minimum atomic E-state index is -0.123. The summed E-state index contributed by atoms with van der Waals surface area (Å²) < 4.78 is 2.13. The van der Waals surface area contributed by atoms with Crippen LogP contribution < -0.4 is 5.32 Å². The molecule has 1 aliphatic heterocycles. The molecule has 0 spiro atoms. The fraction of sp³-hybridized carbons (Fsp3) is 0.348. The maximum atomic E-state index is 12.4. The number of benzene rings is 2. The van der Waals surface area contributed by atoms with E-state index in [9.17, 15) is 9.90 Å². The van der Waals surface area contributed by atoms with Crippen LogP contribution in [0.2, 0.25) is 0 Å². The molecule has 0 aliphatic carbocycles. The van der Waals surface area contributed by atoms with Crippen LogP contribution in [0.5, 0.6) is 5.75 Å². The van der Waals surface area contributed by atoms with Crippen LogP contribution in [0.3, 0.4) is 0 Å². The lowest BCUT2D eigenvalue weighted by Crippen LogP contribution is -2.30.